The SMILES string of the molecule is CN(CCC#N)c1cnc2ccccc2c1. The van der Waals surface area contributed by atoms with Gasteiger partial charge in [-0.25, -0.2) is 0 Å². The molecule has 0 fully saturated rings. The molecule has 2 rings (SSSR count). The minimum atomic E-state index is 0.531. The molecule has 0 N–H and O–H groups in total. The molecule has 0 radical (unpaired) electrons. The van der Waals surface area contributed by atoms with E-state index in [1.807, 2.05) is 42.4 Å². The molecule has 80 valence electrons. The summed E-state index contributed by atoms with van der Waals surface area (Å²) >= 11 is 0. The molecule has 3 nitrogen and oxygen atoms in total. The van der Waals surface area contributed by atoms with Gasteiger partial charge in [-0.2, -0.15) is 5.26 Å². The molecule has 0 atom stereocenters. The van der Waals surface area contributed by atoms with Crippen molar-refractivity contribution in [2.45, 2.75) is 6.42 Å². The third kappa shape index (κ3) is 2.12. The first kappa shape index (κ1) is 10.4. The van der Waals surface area contributed by atoms with Crippen molar-refractivity contribution in [3.05, 3.63) is 36.5 Å². The van der Waals surface area contributed by atoms with Crippen LogP contribution in [0.4, 0.5) is 5.69 Å². The molecule has 16 heavy (non-hydrogen) atoms. The van der Waals surface area contributed by atoms with Crippen molar-refractivity contribution in [1.29, 1.82) is 5.26 Å². The van der Waals surface area contributed by atoms with E-state index in [1.165, 1.54) is 0 Å². The molecule has 0 saturated carbocycles. The van der Waals surface area contributed by atoms with Crippen molar-refractivity contribution in [2.75, 3.05) is 18.5 Å². The third-order valence-corrected chi connectivity index (χ3v) is 2.58. The van der Waals surface area contributed by atoms with Gasteiger partial charge >= 0.3 is 0 Å². The van der Waals surface area contributed by atoms with Crippen LogP contribution < -0.4 is 4.90 Å². The summed E-state index contributed by atoms with van der Waals surface area (Å²) in [5.74, 6) is 0. The van der Waals surface area contributed by atoms with Crippen LogP contribution in [0.1, 0.15) is 6.42 Å². The van der Waals surface area contributed by atoms with E-state index >= 15 is 0 Å². The predicted molar refractivity (Wildman–Crippen MR) is 65.2 cm³/mol. The normalized spacial score (nSPS) is 10.0. The van der Waals surface area contributed by atoms with E-state index in [0.29, 0.717) is 6.42 Å². The lowest BCUT2D eigenvalue weighted by Gasteiger charge is -2.17. The highest BCUT2D eigenvalue weighted by Gasteiger charge is 2.02. The number of benzene rings is 1. The van der Waals surface area contributed by atoms with Gasteiger partial charge in [0.1, 0.15) is 0 Å². The number of nitrogens with zero attached hydrogens (tertiary/aromatic N) is 3. The molecule has 0 amide bonds. The number of para-hydroxylation sites is 1. The van der Waals surface area contributed by atoms with Crippen molar-refractivity contribution < 1.29 is 0 Å². The van der Waals surface area contributed by atoms with Crippen molar-refractivity contribution in [3.63, 3.8) is 0 Å². The Morgan fingerprint density at radius 2 is 2.19 bits per heavy atom. The van der Waals surface area contributed by atoms with Crippen LogP contribution in [0.3, 0.4) is 0 Å². The average molecular weight is 211 g/mol. The Bertz CT molecular complexity index is 528. The molecule has 0 unspecified atom stereocenters. The number of nitriles is 1. The molecule has 0 aliphatic rings. The van der Waals surface area contributed by atoms with Crippen LogP contribution in [0.15, 0.2) is 36.5 Å². The fourth-order valence-corrected chi connectivity index (χ4v) is 1.61. The predicted octanol–water partition coefficient (Wildman–Crippen LogP) is 2.58. The number of hydrogen-bond donors (Lipinski definition) is 0. The van der Waals surface area contributed by atoms with Crippen LogP contribution in [0.25, 0.3) is 10.9 Å². The zero-order valence-electron chi connectivity index (χ0n) is 9.22. The number of hydrogen-bond acceptors (Lipinski definition) is 3. The van der Waals surface area contributed by atoms with E-state index in [0.717, 1.165) is 23.1 Å². The van der Waals surface area contributed by atoms with Crippen LogP contribution >= 0.6 is 0 Å². The molecule has 0 bridgehead atoms. The molecular weight excluding hydrogens is 198 g/mol. The first-order chi connectivity index (χ1) is 7.81. The lowest BCUT2D eigenvalue weighted by atomic mass is 10.2. The Hall–Kier alpha value is -2.08. The van der Waals surface area contributed by atoms with E-state index in [4.69, 9.17) is 5.26 Å². The lowest BCUT2D eigenvalue weighted by molar-refractivity contribution is 0.903. The first-order valence-electron chi connectivity index (χ1n) is 5.24. The van der Waals surface area contributed by atoms with Gasteiger partial charge in [0.2, 0.25) is 0 Å². The highest BCUT2D eigenvalue weighted by Crippen LogP contribution is 2.18. The molecule has 0 aliphatic heterocycles. The van der Waals surface area contributed by atoms with Crippen LogP contribution in [0.2, 0.25) is 0 Å². The van der Waals surface area contributed by atoms with Crippen LogP contribution in [0.5, 0.6) is 0 Å². The highest BCUT2D eigenvalue weighted by atomic mass is 15.1. The topological polar surface area (TPSA) is 39.9 Å². The fraction of sp³-hybridized carbons (Fsp3) is 0.231. The summed E-state index contributed by atoms with van der Waals surface area (Å²) in [6.07, 6.45) is 2.38. The third-order valence-electron chi connectivity index (χ3n) is 2.58. The molecule has 1 aromatic carbocycles. The second-order valence-corrected chi connectivity index (χ2v) is 3.72. The maximum absolute atomic E-state index is 8.54. The van der Waals surface area contributed by atoms with Crippen molar-refractivity contribution >= 4 is 16.6 Å². The van der Waals surface area contributed by atoms with Gasteiger partial charge in [0, 0.05) is 19.0 Å². The van der Waals surface area contributed by atoms with E-state index in [-0.39, 0.29) is 0 Å². The lowest BCUT2D eigenvalue weighted by Crippen LogP contribution is -2.18. The maximum atomic E-state index is 8.54. The summed E-state index contributed by atoms with van der Waals surface area (Å²) in [4.78, 5) is 6.43. The van der Waals surface area contributed by atoms with Gasteiger partial charge in [-0.15, -0.1) is 0 Å². The van der Waals surface area contributed by atoms with Crippen LogP contribution in [-0.2, 0) is 0 Å². The standard InChI is InChI=1S/C13H13N3/c1-16(8-4-7-14)12-9-11-5-2-3-6-13(11)15-10-12/h2-3,5-6,9-10H,4,8H2,1H3. The van der Waals surface area contributed by atoms with Gasteiger partial charge in [0.05, 0.1) is 29.9 Å². The Labute approximate surface area is 94.9 Å². The van der Waals surface area contributed by atoms with Crippen LogP contribution in [0, 0.1) is 11.3 Å². The largest absolute Gasteiger partial charge is 0.372 e. The molecule has 2 aromatic rings. The van der Waals surface area contributed by atoms with E-state index in [1.54, 1.807) is 0 Å². The quantitative estimate of drug-likeness (QED) is 0.783. The summed E-state index contributed by atoms with van der Waals surface area (Å²) in [5.41, 5.74) is 2.05. The number of rotatable bonds is 3. The Morgan fingerprint density at radius 3 is 3.00 bits per heavy atom. The smallest absolute Gasteiger partial charge is 0.0703 e. The summed E-state index contributed by atoms with van der Waals surface area (Å²) < 4.78 is 0. The Balaban J connectivity index is 2.29. The molecule has 1 aromatic heterocycles. The first-order valence-corrected chi connectivity index (χ1v) is 5.24. The average Bonchev–Trinajstić information content (AvgIpc) is 2.35. The van der Waals surface area contributed by atoms with Crippen molar-refractivity contribution in [1.82, 2.24) is 4.98 Å². The molecular formula is C13H13N3. The molecule has 0 spiro atoms. The molecule has 0 saturated heterocycles. The van der Waals surface area contributed by atoms with Gasteiger partial charge in [-0.1, -0.05) is 18.2 Å². The van der Waals surface area contributed by atoms with Crippen molar-refractivity contribution in [2.24, 2.45) is 0 Å². The summed E-state index contributed by atoms with van der Waals surface area (Å²) in [7, 11) is 1.98. The van der Waals surface area contributed by atoms with Gasteiger partial charge in [0.15, 0.2) is 0 Å². The van der Waals surface area contributed by atoms with Crippen LogP contribution in [-0.4, -0.2) is 18.6 Å². The molecule has 1 heterocycles. The zero-order chi connectivity index (χ0) is 11.4. The maximum Gasteiger partial charge on any atom is 0.0703 e. The second-order valence-electron chi connectivity index (χ2n) is 3.72. The van der Waals surface area contributed by atoms with Crippen molar-refractivity contribution in [3.8, 4) is 6.07 Å². The minimum Gasteiger partial charge on any atom is -0.372 e. The second kappa shape index (κ2) is 4.63. The monoisotopic (exact) mass is 211 g/mol. The molecule has 3 heteroatoms. The van der Waals surface area contributed by atoms with E-state index < -0.39 is 0 Å². The van der Waals surface area contributed by atoms with E-state index in [2.05, 4.69) is 17.1 Å². The summed E-state index contributed by atoms with van der Waals surface area (Å²) in [5, 5.41) is 9.67. The Kier molecular flexibility index (Phi) is 3.02. The molecule has 0 aliphatic carbocycles. The fourth-order valence-electron chi connectivity index (χ4n) is 1.61. The number of pyridine rings is 1. The number of fused-ring (bicyclic) bond motifs is 1. The number of anilines is 1. The van der Waals surface area contributed by atoms with Gasteiger partial charge in [0.25, 0.3) is 0 Å². The van der Waals surface area contributed by atoms with E-state index in [9.17, 15) is 0 Å². The van der Waals surface area contributed by atoms with Gasteiger partial charge in [-0.3, -0.25) is 4.98 Å². The zero-order valence-corrected chi connectivity index (χ0v) is 9.22. The van der Waals surface area contributed by atoms with Gasteiger partial charge < -0.3 is 4.90 Å². The minimum absolute atomic E-state index is 0.531. The highest BCUT2D eigenvalue weighted by molar-refractivity contribution is 5.81. The van der Waals surface area contributed by atoms with Gasteiger partial charge in [-0.05, 0) is 12.1 Å². The number of aromatic nitrogens is 1. The summed E-state index contributed by atoms with van der Waals surface area (Å²) in [6.45, 7) is 0.733. The summed E-state index contributed by atoms with van der Waals surface area (Å²) in [6, 6.07) is 12.3. The Morgan fingerprint density at radius 1 is 1.38 bits per heavy atom.